The molecule has 2 aromatic carbocycles. The van der Waals surface area contributed by atoms with Gasteiger partial charge in [0.05, 0.1) is 5.70 Å². The van der Waals surface area contributed by atoms with Crippen LogP contribution in [0.5, 0.6) is 0 Å². The van der Waals surface area contributed by atoms with E-state index in [0.29, 0.717) is 11.1 Å². The molecule has 5 heteroatoms. The van der Waals surface area contributed by atoms with Gasteiger partial charge in [-0.15, -0.1) is 0 Å². The van der Waals surface area contributed by atoms with Gasteiger partial charge in [-0.1, -0.05) is 60.7 Å². The van der Waals surface area contributed by atoms with Gasteiger partial charge in [0, 0.05) is 11.1 Å². The van der Waals surface area contributed by atoms with Crippen molar-refractivity contribution in [3.63, 3.8) is 0 Å². The van der Waals surface area contributed by atoms with E-state index in [1.54, 1.807) is 42.5 Å². The van der Waals surface area contributed by atoms with Gasteiger partial charge in [0.15, 0.2) is 0 Å². The molecule has 2 nitrogen and oxygen atoms in total. The van der Waals surface area contributed by atoms with Gasteiger partial charge in [-0.2, -0.15) is 13.2 Å². The van der Waals surface area contributed by atoms with Crippen molar-refractivity contribution in [2.24, 2.45) is 0 Å². The molecule has 3 rings (SSSR count). The number of carbonyl (C=O) groups is 1. The fourth-order valence-corrected chi connectivity index (χ4v) is 2.62. The standard InChI is InChI=1S/C19H14F3NO/c20-19(21,22)13-23-17(12-6-9-14-7-2-1-3-8-14)15-10-4-5-11-16(15)18(23)24/h1-12H,13H2/b9-6+,17-12+. The molecular weight excluding hydrogens is 315 g/mol. The minimum absolute atomic E-state index is 0.264. The summed E-state index contributed by atoms with van der Waals surface area (Å²) in [6.45, 7) is -1.30. The molecule has 24 heavy (non-hydrogen) atoms. The molecule has 0 saturated carbocycles. The molecule has 0 saturated heterocycles. The molecule has 122 valence electrons. The van der Waals surface area contributed by atoms with Gasteiger partial charge >= 0.3 is 6.18 Å². The highest BCUT2D eigenvalue weighted by Gasteiger charge is 2.39. The summed E-state index contributed by atoms with van der Waals surface area (Å²) >= 11 is 0. The predicted octanol–water partition coefficient (Wildman–Crippen LogP) is 4.76. The van der Waals surface area contributed by atoms with Gasteiger partial charge in [0.2, 0.25) is 0 Å². The smallest absolute Gasteiger partial charge is 0.299 e. The summed E-state index contributed by atoms with van der Waals surface area (Å²) in [5, 5.41) is 0. The number of halogens is 3. The molecule has 1 amide bonds. The molecular formula is C19H14F3NO. The Morgan fingerprint density at radius 2 is 1.54 bits per heavy atom. The van der Waals surface area contributed by atoms with Gasteiger partial charge < -0.3 is 0 Å². The summed E-state index contributed by atoms with van der Waals surface area (Å²) < 4.78 is 38.5. The molecule has 0 N–H and O–H groups in total. The first-order valence-electron chi connectivity index (χ1n) is 7.37. The Hall–Kier alpha value is -2.82. The van der Waals surface area contributed by atoms with E-state index in [2.05, 4.69) is 0 Å². The molecule has 1 aliphatic rings. The zero-order chi connectivity index (χ0) is 17.2. The summed E-state index contributed by atoms with van der Waals surface area (Å²) in [6.07, 6.45) is 0.524. The quantitative estimate of drug-likeness (QED) is 0.795. The molecule has 0 aliphatic carbocycles. The Bertz CT molecular complexity index is 807. The molecule has 0 bridgehead atoms. The zero-order valence-electron chi connectivity index (χ0n) is 12.6. The van der Waals surface area contributed by atoms with Crippen molar-refractivity contribution in [2.75, 3.05) is 6.54 Å². The highest BCUT2D eigenvalue weighted by molar-refractivity contribution is 6.09. The van der Waals surface area contributed by atoms with Crippen molar-refractivity contribution in [2.45, 2.75) is 6.18 Å². The van der Waals surface area contributed by atoms with Gasteiger partial charge in [-0.05, 0) is 17.7 Å². The summed E-state index contributed by atoms with van der Waals surface area (Å²) in [5.74, 6) is -0.623. The van der Waals surface area contributed by atoms with Crippen LogP contribution in [0.15, 0.2) is 66.7 Å². The molecule has 0 aromatic heterocycles. The molecule has 1 heterocycles. The van der Waals surface area contributed by atoms with Gasteiger partial charge in [-0.25, -0.2) is 0 Å². The minimum Gasteiger partial charge on any atom is -0.299 e. The molecule has 0 unspecified atom stereocenters. The van der Waals surface area contributed by atoms with Crippen LogP contribution in [0.3, 0.4) is 0 Å². The molecule has 0 atom stereocenters. The number of hydrogen-bond donors (Lipinski definition) is 0. The fourth-order valence-electron chi connectivity index (χ4n) is 2.62. The second kappa shape index (κ2) is 6.35. The maximum absolute atomic E-state index is 12.8. The van der Waals surface area contributed by atoms with Crippen molar-refractivity contribution in [3.8, 4) is 0 Å². The molecule has 0 fully saturated rings. The lowest BCUT2D eigenvalue weighted by Gasteiger charge is -2.19. The summed E-state index contributed by atoms with van der Waals surface area (Å²) in [6, 6.07) is 15.9. The van der Waals surface area contributed by atoms with Crippen LogP contribution in [-0.4, -0.2) is 23.5 Å². The fraction of sp³-hybridized carbons (Fsp3) is 0.105. The van der Waals surface area contributed by atoms with E-state index in [1.807, 2.05) is 30.3 Å². The highest BCUT2D eigenvalue weighted by atomic mass is 19.4. The van der Waals surface area contributed by atoms with Crippen LogP contribution in [0, 0.1) is 0 Å². The van der Waals surface area contributed by atoms with E-state index in [1.165, 1.54) is 0 Å². The van der Waals surface area contributed by atoms with E-state index in [0.717, 1.165) is 10.5 Å². The van der Waals surface area contributed by atoms with E-state index in [9.17, 15) is 18.0 Å². The zero-order valence-corrected chi connectivity index (χ0v) is 12.6. The van der Waals surface area contributed by atoms with Crippen LogP contribution in [0.1, 0.15) is 21.5 Å². The number of alkyl halides is 3. The van der Waals surface area contributed by atoms with Crippen molar-refractivity contribution < 1.29 is 18.0 Å². The largest absolute Gasteiger partial charge is 0.406 e. The molecule has 1 aliphatic heterocycles. The predicted molar refractivity (Wildman–Crippen MR) is 87.0 cm³/mol. The molecule has 2 aromatic rings. The minimum atomic E-state index is -4.46. The topological polar surface area (TPSA) is 20.3 Å². The maximum atomic E-state index is 12.8. The Balaban J connectivity index is 1.96. The summed E-state index contributed by atoms with van der Waals surface area (Å²) in [4.78, 5) is 13.1. The second-order valence-corrected chi connectivity index (χ2v) is 5.37. The monoisotopic (exact) mass is 329 g/mol. The van der Waals surface area contributed by atoms with Gasteiger partial charge in [-0.3, -0.25) is 9.69 Å². The highest BCUT2D eigenvalue weighted by Crippen LogP contribution is 2.35. The van der Waals surface area contributed by atoms with Crippen LogP contribution < -0.4 is 0 Å². The second-order valence-electron chi connectivity index (χ2n) is 5.37. The number of benzene rings is 2. The van der Waals surface area contributed by atoms with Crippen molar-refractivity contribution in [1.82, 2.24) is 4.90 Å². The van der Waals surface area contributed by atoms with E-state index < -0.39 is 18.6 Å². The van der Waals surface area contributed by atoms with E-state index in [4.69, 9.17) is 0 Å². The molecule has 0 spiro atoms. The van der Waals surface area contributed by atoms with Crippen molar-refractivity contribution in [1.29, 1.82) is 0 Å². The molecule has 0 radical (unpaired) electrons. The number of amides is 1. The Morgan fingerprint density at radius 3 is 2.21 bits per heavy atom. The van der Waals surface area contributed by atoms with Crippen LogP contribution in [0.25, 0.3) is 11.8 Å². The first-order chi connectivity index (χ1) is 11.5. The average Bonchev–Trinajstić information content (AvgIpc) is 2.80. The summed E-state index contributed by atoms with van der Waals surface area (Å²) in [7, 11) is 0. The van der Waals surface area contributed by atoms with E-state index >= 15 is 0 Å². The number of allylic oxidation sites excluding steroid dienone is 2. The first kappa shape index (κ1) is 16.1. The Kier molecular flexibility index (Phi) is 4.25. The van der Waals surface area contributed by atoms with Crippen LogP contribution in [0.2, 0.25) is 0 Å². The maximum Gasteiger partial charge on any atom is 0.406 e. The van der Waals surface area contributed by atoms with Crippen molar-refractivity contribution in [3.05, 3.63) is 83.4 Å². The number of nitrogens with zero attached hydrogens (tertiary/aromatic N) is 1. The van der Waals surface area contributed by atoms with Crippen LogP contribution in [-0.2, 0) is 0 Å². The first-order valence-corrected chi connectivity index (χ1v) is 7.37. The normalized spacial score (nSPS) is 16.2. The van der Waals surface area contributed by atoms with Crippen molar-refractivity contribution >= 4 is 17.7 Å². The third-order valence-electron chi connectivity index (χ3n) is 3.65. The van der Waals surface area contributed by atoms with Crippen LogP contribution in [0.4, 0.5) is 13.2 Å². The Labute approximate surface area is 137 Å². The number of rotatable bonds is 3. The number of hydrogen-bond acceptors (Lipinski definition) is 1. The lowest BCUT2D eigenvalue weighted by Crippen LogP contribution is -2.33. The SMILES string of the molecule is O=C1c2ccccc2/C(=C\C=C\c2ccccc2)N1CC(F)(F)F. The summed E-state index contributed by atoms with van der Waals surface area (Å²) in [5.41, 5.74) is 2.00. The lowest BCUT2D eigenvalue weighted by molar-refractivity contribution is -0.134. The lowest BCUT2D eigenvalue weighted by atomic mass is 10.1. The Morgan fingerprint density at radius 1 is 0.917 bits per heavy atom. The third kappa shape index (κ3) is 3.40. The van der Waals surface area contributed by atoms with E-state index in [-0.39, 0.29) is 5.70 Å². The van der Waals surface area contributed by atoms with Gasteiger partial charge in [0.25, 0.3) is 5.91 Å². The van der Waals surface area contributed by atoms with Crippen LogP contribution >= 0.6 is 0 Å². The third-order valence-corrected chi connectivity index (χ3v) is 3.65. The number of fused-ring (bicyclic) bond motifs is 1. The van der Waals surface area contributed by atoms with Gasteiger partial charge in [0.1, 0.15) is 6.54 Å². The number of carbonyl (C=O) groups excluding carboxylic acids is 1. The average molecular weight is 329 g/mol.